The van der Waals surface area contributed by atoms with E-state index in [0.29, 0.717) is 48.6 Å². The normalized spacial score (nSPS) is 21.7. The fourth-order valence-corrected chi connectivity index (χ4v) is 5.50. The van der Waals surface area contributed by atoms with Gasteiger partial charge in [0.15, 0.2) is 5.82 Å². The van der Waals surface area contributed by atoms with E-state index >= 15 is 0 Å². The predicted octanol–water partition coefficient (Wildman–Crippen LogP) is 5.16. The van der Waals surface area contributed by atoms with Gasteiger partial charge in [0.05, 0.1) is 17.5 Å². The molecule has 35 heavy (non-hydrogen) atoms. The second kappa shape index (κ2) is 10.1. The third-order valence-corrected chi connectivity index (χ3v) is 7.88. The lowest BCUT2D eigenvalue weighted by atomic mass is 9.90. The standard InChI is InChI=1S/C27H37N5O2S/c1-5-13-32(35(4,33)34)24-16-21(11-12-22-14-19(22)2)15-23(17-24)25-29-26(31-30-25)27(3,28)18-20-9-7-6-8-10-20/h7,9-12,15-17,19,22H,5-6,8,13-14,18,28H2,1-4H3,(H,29,30,31)/b12-11-/t19?,22?,27-/m1/s1. The Balaban J connectivity index is 1.69. The number of nitrogens with zero attached hydrogens (tertiary/aromatic N) is 3. The van der Waals surface area contributed by atoms with Crippen LogP contribution in [0.1, 0.15) is 64.3 Å². The summed E-state index contributed by atoms with van der Waals surface area (Å²) in [5, 5.41) is 7.51. The van der Waals surface area contributed by atoms with E-state index in [-0.39, 0.29) is 0 Å². The predicted molar refractivity (Wildman–Crippen MR) is 143 cm³/mol. The fraction of sp³-hybridized carbons (Fsp3) is 0.481. The molecule has 3 atom stereocenters. The van der Waals surface area contributed by atoms with E-state index in [4.69, 9.17) is 10.7 Å². The molecule has 3 N–H and O–H groups in total. The quantitative estimate of drug-likeness (QED) is 0.474. The second-order valence-corrected chi connectivity index (χ2v) is 12.2. The zero-order chi connectivity index (χ0) is 25.2. The van der Waals surface area contributed by atoms with Gasteiger partial charge in [-0.1, -0.05) is 49.8 Å². The van der Waals surface area contributed by atoms with Crippen LogP contribution in [0.25, 0.3) is 17.5 Å². The fourth-order valence-electron chi connectivity index (χ4n) is 4.50. The first-order valence-corrected chi connectivity index (χ1v) is 14.3. The number of aromatic amines is 1. The number of H-pyrrole nitrogens is 1. The van der Waals surface area contributed by atoms with Crippen molar-refractivity contribution < 1.29 is 8.42 Å². The van der Waals surface area contributed by atoms with Crippen LogP contribution in [0.3, 0.4) is 0 Å². The number of hydrogen-bond donors (Lipinski definition) is 2. The lowest BCUT2D eigenvalue weighted by molar-refractivity contribution is 0.461. The maximum absolute atomic E-state index is 12.6. The van der Waals surface area contributed by atoms with Crippen molar-refractivity contribution >= 4 is 21.8 Å². The number of sulfonamides is 1. The molecular formula is C27H37N5O2S. The Morgan fingerprint density at radius 2 is 2.06 bits per heavy atom. The maximum atomic E-state index is 12.6. The van der Waals surface area contributed by atoms with Crippen LogP contribution >= 0.6 is 0 Å². The van der Waals surface area contributed by atoms with Gasteiger partial charge in [0, 0.05) is 12.1 Å². The van der Waals surface area contributed by atoms with Crippen molar-refractivity contribution in [2.45, 2.75) is 58.4 Å². The average molecular weight is 496 g/mol. The highest BCUT2D eigenvalue weighted by Gasteiger charge is 2.30. The molecule has 0 spiro atoms. The van der Waals surface area contributed by atoms with Crippen molar-refractivity contribution in [2.75, 3.05) is 17.1 Å². The van der Waals surface area contributed by atoms with Gasteiger partial charge < -0.3 is 5.73 Å². The van der Waals surface area contributed by atoms with E-state index in [0.717, 1.165) is 24.0 Å². The van der Waals surface area contributed by atoms with Crippen LogP contribution in [-0.4, -0.2) is 36.4 Å². The van der Waals surface area contributed by atoms with Gasteiger partial charge in [0.1, 0.15) is 5.82 Å². The number of anilines is 1. The van der Waals surface area contributed by atoms with Gasteiger partial charge in [0.2, 0.25) is 10.0 Å². The summed E-state index contributed by atoms with van der Waals surface area (Å²) in [5.41, 5.74) is 9.46. The highest BCUT2D eigenvalue weighted by Crippen LogP contribution is 2.39. The molecule has 7 nitrogen and oxygen atoms in total. The lowest BCUT2D eigenvalue weighted by Gasteiger charge is -2.23. The minimum atomic E-state index is -3.43. The van der Waals surface area contributed by atoms with Gasteiger partial charge in [-0.25, -0.2) is 13.4 Å². The van der Waals surface area contributed by atoms with Crippen LogP contribution in [0, 0.1) is 11.8 Å². The molecule has 2 aliphatic carbocycles. The summed E-state index contributed by atoms with van der Waals surface area (Å²) in [6.07, 6.45) is 16.7. The van der Waals surface area contributed by atoms with Crippen LogP contribution in [0.5, 0.6) is 0 Å². The summed E-state index contributed by atoms with van der Waals surface area (Å²) >= 11 is 0. The summed E-state index contributed by atoms with van der Waals surface area (Å²) in [7, 11) is -3.43. The van der Waals surface area contributed by atoms with Gasteiger partial charge in [-0.15, -0.1) is 0 Å². The summed E-state index contributed by atoms with van der Waals surface area (Å²) < 4.78 is 26.6. The summed E-state index contributed by atoms with van der Waals surface area (Å²) in [4.78, 5) is 4.75. The third-order valence-electron chi connectivity index (χ3n) is 6.69. The Morgan fingerprint density at radius 3 is 2.69 bits per heavy atom. The maximum Gasteiger partial charge on any atom is 0.232 e. The Hall–Kier alpha value is -2.71. The van der Waals surface area contributed by atoms with Crippen LogP contribution in [-0.2, 0) is 15.6 Å². The molecule has 2 aromatic rings. The molecule has 0 bridgehead atoms. The molecule has 1 saturated carbocycles. The molecule has 0 amide bonds. The van der Waals surface area contributed by atoms with Crippen LogP contribution in [0.2, 0.25) is 0 Å². The lowest BCUT2D eigenvalue weighted by Crippen LogP contribution is -2.34. The minimum Gasteiger partial charge on any atom is -0.319 e. The summed E-state index contributed by atoms with van der Waals surface area (Å²) in [6, 6.07) is 5.78. The molecule has 1 aromatic heterocycles. The van der Waals surface area contributed by atoms with Crippen LogP contribution in [0.4, 0.5) is 5.69 Å². The smallest absolute Gasteiger partial charge is 0.232 e. The van der Waals surface area contributed by atoms with Crippen molar-refractivity contribution in [2.24, 2.45) is 17.6 Å². The van der Waals surface area contributed by atoms with Gasteiger partial charge in [-0.05, 0) is 74.6 Å². The SMILES string of the molecule is CCCN(c1cc(/C=C\C2CC2C)cc(-c2n[nH]c([C@](C)(N)CC3=CCCC=C3)n2)c1)S(C)(=O)=O. The molecule has 8 heteroatoms. The molecule has 1 heterocycles. The molecule has 0 aliphatic heterocycles. The molecule has 188 valence electrons. The molecule has 1 aromatic carbocycles. The number of hydrogen-bond acceptors (Lipinski definition) is 5. The van der Waals surface area contributed by atoms with E-state index in [1.165, 1.54) is 22.6 Å². The average Bonchev–Trinajstić information content (AvgIpc) is 3.28. The van der Waals surface area contributed by atoms with Crippen LogP contribution < -0.4 is 10.0 Å². The van der Waals surface area contributed by atoms with Crippen molar-refractivity contribution in [3.8, 4) is 11.4 Å². The molecule has 2 unspecified atom stereocenters. The van der Waals surface area contributed by atoms with E-state index < -0.39 is 15.6 Å². The highest BCUT2D eigenvalue weighted by atomic mass is 32.2. The van der Waals surface area contributed by atoms with Gasteiger partial charge >= 0.3 is 0 Å². The minimum absolute atomic E-state index is 0.411. The second-order valence-electron chi connectivity index (χ2n) is 10.2. The third kappa shape index (κ3) is 6.30. The number of rotatable bonds is 10. The molecule has 2 aliphatic rings. The zero-order valence-corrected chi connectivity index (χ0v) is 22.0. The summed E-state index contributed by atoms with van der Waals surface area (Å²) in [5.74, 6) is 2.40. The Morgan fingerprint density at radius 1 is 1.29 bits per heavy atom. The Labute approximate surface area is 209 Å². The Kier molecular flexibility index (Phi) is 7.33. The molecular weight excluding hydrogens is 458 g/mol. The molecule has 0 saturated heterocycles. The van der Waals surface area contributed by atoms with Gasteiger partial charge in [0.25, 0.3) is 0 Å². The van der Waals surface area contributed by atoms with Gasteiger partial charge in [-0.3, -0.25) is 9.40 Å². The molecule has 0 radical (unpaired) electrons. The number of nitrogens with one attached hydrogen (secondary N) is 1. The van der Waals surface area contributed by atoms with E-state index in [1.54, 1.807) is 0 Å². The van der Waals surface area contributed by atoms with Crippen molar-refractivity contribution in [3.05, 3.63) is 59.5 Å². The number of allylic oxidation sites excluding steroid dienone is 4. The van der Waals surface area contributed by atoms with Gasteiger partial charge in [-0.2, -0.15) is 5.10 Å². The summed E-state index contributed by atoms with van der Waals surface area (Å²) in [6.45, 7) is 6.57. The monoisotopic (exact) mass is 495 g/mol. The van der Waals surface area contributed by atoms with Crippen molar-refractivity contribution in [3.63, 3.8) is 0 Å². The zero-order valence-electron chi connectivity index (χ0n) is 21.2. The van der Waals surface area contributed by atoms with E-state index in [9.17, 15) is 8.42 Å². The van der Waals surface area contributed by atoms with Crippen molar-refractivity contribution in [1.29, 1.82) is 0 Å². The topological polar surface area (TPSA) is 105 Å². The number of nitrogens with two attached hydrogens (primary N) is 1. The first-order chi connectivity index (χ1) is 16.6. The molecule has 4 rings (SSSR count). The number of benzene rings is 1. The first-order valence-electron chi connectivity index (χ1n) is 12.5. The first kappa shape index (κ1) is 25.4. The van der Waals surface area contributed by atoms with E-state index in [1.807, 2.05) is 32.0 Å². The van der Waals surface area contributed by atoms with E-state index in [2.05, 4.69) is 47.5 Å². The van der Waals surface area contributed by atoms with Crippen LogP contribution in [0.15, 0.2) is 48.1 Å². The number of aromatic nitrogens is 3. The van der Waals surface area contributed by atoms with Crippen molar-refractivity contribution in [1.82, 2.24) is 15.2 Å². The molecule has 1 fully saturated rings. The highest BCUT2D eigenvalue weighted by molar-refractivity contribution is 7.92. The Bertz CT molecular complexity index is 1260. The largest absolute Gasteiger partial charge is 0.319 e.